The van der Waals surface area contributed by atoms with Crippen molar-refractivity contribution in [1.29, 1.82) is 0 Å². The van der Waals surface area contributed by atoms with Crippen LogP contribution in [0.3, 0.4) is 0 Å². The zero-order valence-electron chi connectivity index (χ0n) is 15.9. The molecule has 2 rings (SSSR count). The Hall–Kier alpha value is -3.27. The lowest BCUT2D eigenvalue weighted by Gasteiger charge is -2.09. The fourth-order valence-electron chi connectivity index (χ4n) is 2.24. The number of amides is 2. The fourth-order valence-corrected chi connectivity index (χ4v) is 3.34. The van der Waals surface area contributed by atoms with Gasteiger partial charge in [0.2, 0.25) is 10.0 Å². The Bertz CT molecular complexity index is 973. The van der Waals surface area contributed by atoms with Gasteiger partial charge in [-0.25, -0.2) is 13.1 Å². The topological polar surface area (TPSA) is 132 Å². The minimum absolute atomic E-state index is 0.0302. The molecule has 2 aromatic rings. The molecule has 29 heavy (non-hydrogen) atoms. The van der Waals surface area contributed by atoms with Crippen LogP contribution in [0.1, 0.15) is 40.3 Å². The third-order valence-electron chi connectivity index (χ3n) is 3.47. The maximum absolute atomic E-state index is 12.2. The van der Waals surface area contributed by atoms with E-state index in [2.05, 4.69) is 10.3 Å². The number of esters is 1. The van der Waals surface area contributed by atoms with Gasteiger partial charge in [0, 0.05) is 6.20 Å². The molecule has 0 aliphatic heterocycles. The van der Waals surface area contributed by atoms with Crippen LogP contribution in [0.25, 0.3) is 0 Å². The lowest BCUT2D eigenvalue weighted by atomic mass is 10.2. The van der Waals surface area contributed by atoms with Crippen molar-refractivity contribution in [3.8, 4) is 0 Å². The standard InChI is InChI=1S/C19H21N3O6S/c1-13(2)28-17(23)11-21-19(25)16-9-8-15(10-20-16)18(24)22-29(26,27)12-14-6-4-3-5-7-14/h3-10,13H,11-12H2,1-2H3,(H,21,25)(H,22,24). The molecule has 0 unspecified atom stereocenters. The Kier molecular flexibility index (Phi) is 7.43. The molecule has 0 aliphatic rings. The van der Waals surface area contributed by atoms with Gasteiger partial charge < -0.3 is 10.1 Å². The molecule has 154 valence electrons. The number of nitrogens with one attached hydrogen (secondary N) is 2. The van der Waals surface area contributed by atoms with Crippen molar-refractivity contribution in [1.82, 2.24) is 15.0 Å². The van der Waals surface area contributed by atoms with E-state index in [0.717, 1.165) is 6.20 Å². The quantitative estimate of drug-likeness (QED) is 0.611. The van der Waals surface area contributed by atoms with E-state index in [4.69, 9.17) is 4.74 Å². The second-order valence-electron chi connectivity index (χ2n) is 6.33. The van der Waals surface area contributed by atoms with Crippen molar-refractivity contribution in [2.45, 2.75) is 25.7 Å². The Balaban J connectivity index is 1.94. The molecule has 0 atom stereocenters. The van der Waals surface area contributed by atoms with Crippen LogP contribution in [-0.2, 0) is 25.3 Å². The van der Waals surface area contributed by atoms with Crippen molar-refractivity contribution < 1.29 is 27.5 Å². The molecule has 0 radical (unpaired) electrons. The zero-order valence-corrected chi connectivity index (χ0v) is 16.7. The van der Waals surface area contributed by atoms with E-state index in [0.29, 0.717) is 5.56 Å². The van der Waals surface area contributed by atoms with Crippen LogP contribution >= 0.6 is 0 Å². The average molecular weight is 419 g/mol. The Labute approximate surface area is 168 Å². The molecule has 0 fully saturated rings. The van der Waals surface area contributed by atoms with Crippen LogP contribution in [0, 0.1) is 0 Å². The van der Waals surface area contributed by atoms with Gasteiger partial charge in [-0.2, -0.15) is 0 Å². The SMILES string of the molecule is CC(C)OC(=O)CNC(=O)c1ccc(C(=O)NS(=O)(=O)Cc2ccccc2)cn1. The van der Waals surface area contributed by atoms with Gasteiger partial charge in [0.15, 0.2) is 0 Å². The van der Waals surface area contributed by atoms with Crippen LogP contribution in [-0.4, -0.2) is 43.8 Å². The van der Waals surface area contributed by atoms with E-state index >= 15 is 0 Å². The minimum atomic E-state index is -3.89. The monoisotopic (exact) mass is 419 g/mol. The molecule has 0 saturated carbocycles. The summed E-state index contributed by atoms with van der Waals surface area (Å²) in [6.45, 7) is 3.05. The number of sulfonamides is 1. The lowest BCUT2D eigenvalue weighted by Crippen LogP contribution is -2.33. The Morgan fingerprint density at radius 1 is 1.03 bits per heavy atom. The van der Waals surface area contributed by atoms with E-state index in [1.54, 1.807) is 44.2 Å². The number of pyridine rings is 1. The highest BCUT2D eigenvalue weighted by molar-refractivity contribution is 7.89. The Morgan fingerprint density at radius 2 is 1.72 bits per heavy atom. The van der Waals surface area contributed by atoms with Gasteiger partial charge in [-0.1, -0.05) is 30.3 Å². The van der Waals surface area contributed by atoms with Crippen LogP contribution in [0.4, 0.5) is 0 Å². The summed E-state index contributed by atoms with van der Waals surface area (Å²) in [6, 6.07) is 10.9. The van der Waals surface area contributed by atoms with Crippen molar-refractivity contribution in [3.05, 3.63) is 65.5 Å². The number of hydrogen-bond donors (Lipinski definition) is 2. The number of hydrogen-bond acceptors (Lipinski definition) is 7. The first-order chi connectivity index (χ1) is 13.7. The van der Waals surface area contributed by atoms with Gasteiger partial charge >= 0.3 is 5.97 Å². The van der Waals surface area contributed by atoms with Gasteiger partial charge in [-0.05, 0) is 31.5 Å². The van der Waals surface area contributed by atoms with E-state index in [-0.39, 0.29) is 29.7 Å². The summed E-state index contributed by atoms with van der Waals surface area (Å²) in [5.74, 6) is -2.43. The summed E-state index contributed by atoms with van der Waals surface area (Å²) in [5.41, 5.74) is 0.470. The maximum atomic E-state index is 12.2. The van der Waals surface area contributed by atoms with Crippen molar-refractivity contribution >= 4 is 27.8 Å². The molecular formula is C19H21N3O6S. The molecule has 0 saturated heterocycles. The minimum Gasteiger partial charge on any atom is -0.462 e. The van der Waals surface area contributed by atoms with Crippen LogP contribution in [0.2, 0.25) is 0 Å². The first kappa shape index (κ1) is 22.0. The number of nitrogens with zero attached hydrogens (tertiary/aromatic N) is 1. The molecule has 1 heterocycles. The third kappa shape index (κ3) is 7.34. The largest absolute Gasteiger partial charge is 0.462 e. The zero-order chi connectivity index (χ0) is 21.4. The second-order valence-corrected chi connectivity index (χ2v) is 8.05. The predicted molar refractivity (Wildman–Crippen MR) is 104 cm³/mol. The van der Waals surface area contributed by atoms with E-state index in [1.165, 1.54) is 12.1 Å². The molecular weight excluding hydrogens is 398 g/mol. The molecule has 2 N–H and O–H groups in total. The molecule has 0 aliphatic carbocycles. The predicted octanol–water partition coefficient (Wildman–Crippen LogP) is 1.02. The summed E-state index contributed by atoms with van der Waals surface area (Å²) in [6.07, 6.45) is 0.780. The van der Waals surface area contributed by atoms with Gasteiger partial charge in [0.1, 0.15) is 12.2 Å². The molecule has 1 aromatic carbocycles. The highest BCUT2D eigenvalue weighted by Crippen LogP contribution is 2.06. The maximum Gasteiger partial charge on any atom is 0.325 e. The van der Waals surface area contributed by atoms with Crippen LogP contribution < -0.4 is 10.0 Å². The van der Waals surface area contributed by atoms with Crippen LogP contribution in [0.5, 0.6) is 0 Å². The first-order valence-electron chi connectivity index (χ1n) is 8.69. The molecule has 10 heteroatoms. The summed E-state index contributed by atoms with van der Waals surface area (Å²) in [5, 5.41) is 2.35. The molecule has 9 nitrogen and oxygen atoms in total. The number of benzene rings is 1. The van der Waals surface area contributed by atoms with Gasteiger partial charge in [-0.3, -0.25) is 19.4 Å². The number of aromatic nitrogens is 1. The summed E-state index contributed by atoms with van der Waals surface area (Å²) in [4.78, 5) is 39.4. The lowest BCUT2D eigenvalue weighted by molar-refractivity contribution is -0.146. The average Bonchev–Trinajstić information content (AvgIpc) is 2.65. The van der Waals surface area contributed by atoms with Gasteiger partial charge in [0.05, 0.1) is 17.4 Å². The Morgan fingerprint density at radius 3 is 2.31 bits per heavy atom. The van der Waals surface area contributed by atoms with Crippen molar-refractivity contribution in [3.63, 3.8) is 0 Å². The number of ether oxygens (including phenoxy) is 1. The number of rotatable bonds is 8. The molecule has 0 spiro atoms. The third-order valence-corrected chi connectivity index (χ3v) is 4.68. The van der Waals surface area contributed by atoms with Crippen molar-refractivity contribution in [2.75, 3.05) is 6.54 Å². The number of carbonyl (C=O) groups is 3. The molecule has 2 amide bonds. The fraction of sp³-hybridized carbons (Fsp3) is 0.263. The van der Waals surface area contributed by atoms with Crippen LogP contribution in [0.15, 0.2) is 48.7 Å². The summed E-state index contributed by atoms with van der Waals surface area (Å²) >= 11 is 0. The smallest absolute Gasteiger partial charge is 0.325 e. The second kappa shape index (κ2) is 9.78. The first-order valence-corrected chi connectivity index (χ1v) is 10.3. The molecule has 1 aromatic heterocycles. The highest BCUT2D eigenvalue weighted by Gasteiger charge is 2.18. The van der Waals surface area contributed by atoms with E-state index in [1.807, 2.05) is 4.72 Å². The normalized spacial score (nSPS) is 11.0. The van der Waals surface area contributed by atoms with E-state index in [9.17, 15) is 22.8 Å². The summed E-state index contributed by atoms with van der Waals surface area (Å²) < 4.78 is 31.1. The van der Waals surface area contributed by atoms with Crippen molar-refractivity contribution in [2.24, 2.45) is 0 Å². The van der Waals surface area contributed by atoms with E-state index < -0.39 is 27.8 Å². The molecule has 0 bridgehead atoms. The summed E-state index contributed by atoms with van der Waals surface area (Å²) in [7, 11) is -3.89. The van der Waals surface area contributed by atoms with Gasteiger partial charge in [0.25, 0.3) is 11.8 Å². The van der Waals surface area contributed by atoms with Gasteiger partial charge in [-0.15, -0.1) is 0 Å². The highest BCUT2D eigenvalue weighted by atomic mass is 32.2. The number of carbonyl (C=O) groups excluding carboxylic acids is 3.